The topological polar surface area (TPSA) is 17.1 Å². The molecule has 1 heteroatoms. The Labute approximate surface area is 82.2 Å². The minimum atomic E-state index is 0.234. The van der Waals surface area contributed by atoms with Gasteiger partial charge in [-0.2, -0.15) is 0 Å². The summed E-state index contributed by atoms with van der Waals surface area (Å²) >= 11 is 0. The molecule has 0 rings (SSSR count). The molecule has 0 aromatic heterocycles. The van der Waals surface area contributed by atoms with Crippen LogP contribution in [0.15, 0.2) is 12.2 Å². The Bertz CT molecular complexity index is 182. The number of hydrogen-bond acceptors (Lipinski definition) is 1. The summed E-state index contributed by atoms with van der Waals surface area (Å²) in [5.41, 5.74) is 1.18. The first-order valence-corrected chi connectivity index (χ1v) is 5.17. The minimum absolute atomic E-state index is 0.234. The van der Waals surface area contributed by atoms with E-state index in [-0.39, 0.29) is 5.92 Å². The second-order valence-electron chi connectivity index (χ2n) is 4.06. The van der Waals surface area contributed by atoms with Crippen LogP contribution in [0.1, 0.15) is 47.0 Å². The van der Waals surface area contributed by atoms with E-state index in [1.807, 2.05) is 13.8 Å². The average Bonchev–Trinajstić information content (AvgIpc) is 2.11. The van der Waals surface area contributed by atoms with Crippen LogP contribution >= 0.6 is 0 Å². The van der Waals surface area contributed by atoms with Crippen molar-refractivity contribution in [3.05, 3.63) is 12.2 Å². The molecule has 76 valence electrons. The summed E-state index contributed by atoms with van der Waals surface area (Å²) in [6.07, 6.45) is 2.63. The van der Waals surface area contributed by atoms with Gasteiger partial charge in [0, 0.05) is 12.3 Å². The lowest BCUT2D eigenvalue weighted by Gasteiger charge is -2.12. The molecule has 0 saturated heterocycles. The van der Waals surface area contributed by atoms with E-state index in [4.69, 9.17) is 0 Å². The summed E-state index contributed by atoms with van der Waals surface area (Å²) in [7, 11) is 0. The highest BCUT2D eigenvalue weighted by Gasteiger charge is 2.12. The molecule has 13 heavy (non-hydrogen) atoms. The molecule has 0 aliphatic rings. The van der Waals surface area contributed by atoms with Gasteiger partial charge in [-0.25, -0.2) is 0 Å². The molecule has 0 aliphatic carbocycles. The number of Topliss-reactive ketones (excluding diaryl/α,β-unsaturated/α-hetero) is 1. The van der Waals surface area contributed by atoms with E-state index in [1.54, 1.807) is 0 Å². The Balaban J connectivity index is 3.76. The zero-order valence-corrected chi connectivity index (χ0v) is 9.39. The van der Waals surface area contributed by atoms with Gasteiger partial charge in [-0.15, -0.1) is 0 Å². The van der Waals surface area contributed by atoms with Crippen molar-refractivity contribution in [3.63, 3.8) is 0 Å². The highest BCUT2D eigenvalue weighted by molar-refractivity contribution is 5.80. The standard InChI is InChI=1S/C12H22O/c1-6-10(4)12(13)8-7-11(5)9(2)3/h10-11H,2,6-8H2,1,3-5H3. The Kier molecular flexibility index (Phi) is 5.68. The van der Waals surface area contributed by atoms with Gasteiger partial charge < -0.3 is 0 Å². The third kappa shape index (κ3) is 4.87. The minimum Gasteiger partial charge on any atom is -0.299 e. The van der Waals surface area contributed by atoms with Crippen molar-refractivity contribution < 1.29 is 4.79 Å². The molecule has 2 atom stereocenters. The third-order valence-corrected chi connectivity index (χ3v) is 2.83. The molecule has 0 saturated carbocycles. The van der Waals surface area contributed by atoms with Gasteiger partial charge in [0.1, 0.15) is 5.78 Å². The lowest BCUT2D eigenvalue weighted by Crippen LogP contribution is -2.11. The molecule has 0 N–H and O–H groups in total. The first kappa shape index (κ1) is 12.4. The maximum atomic E-state index is 11.5. The van der Waals surface area contributed by atoms with Crippen LogP contribution in [0.25, 0.3) is 0 Å². The number of carbonyl (C=O) groups excluding carboxylic acids is 1. The molecule has 0 heterocycles. The number of carbonyl (C=O) groups is 1. The predicted molar refractivity (Wildman–Crippen MR) is 57.7 cm³/mol. The maximum Gasteiger partial charge on any atom is 0.135 e. The summed E-state index contributed by atoms with van der Waals surface area (Å²) < 4.78 is 0. The molecule has 0 radical (unpaired) electrons. The van der Waals surface area contributed by atoms with Crippen LogP contribution in [0.5, 0.6) is 0 Å². The van der Waals surface area contributed by atoms with Crippen molar-refractivity contribution in [2.45, 2.75) is 47.0 Å². The van der Waals surface area contributed by atoms with Gasteiger partial charge in [0.15, 0.2) is 0 Å². The lowest BCUT2D eigenvalue weighted by atomic mass is 9.93. The second kappa shape index (κ2) is 5.95. The van der Waals surface area contributed by atoms with E-state index in [9.17, 15) is 4.79 Å². The predicted octanol–water partition coefficient (Wildman–Crippen LogP) is 3.59. The van der Waals surface area contributed by atoms with Gasteiger partial charge in [-0.05, 0) is 25.7 Å². The van der Waals surface area contributed by atoms with Gasteiger partial charge in [0.05, 0.1) is 0 Å². The Morgan fingerprint density at radius 2 is 1.85 bits per heavy atom. The molecule has 0 fully saturated rings. The van der Waals surface area contributed by atoms with Crippen LogP contribution in [0.4, 0.5) is 0 Å². The van der Waals surface area contributed by atoms with E-state index < -0.39 is 0 Å². The van der Waals surface area contributed by atoms with Crippen LogP contribution in [-0.2, 0) is 4.79 Å². The van der Waals surface area contributed by atoms with Crippen molar-refractivity contribution in [1.82, 2.24) is 0 Å². The first-order chi connectivity index (χ1) is 5.99. The number of ketones is 1. The van der Waals surface area contributed by atoms with E-state index in [2.05, 4.69) is 20.4 Å². The molecule has 1 nitrogen and oxygen atoms in total. The zero-order chi connectivity index (χ0) is 10.4. The molecule has 2 unspecified atom stereocenters. The van der Waals surface area contributed by atoms with E-state index in [1.165, 1.54) is 5.57 Å². The maximum absolute atomic E-state index is 11.5. The summed E-state index contributed by atoms with van der Waals surface area (Å²) in [6, 6.07) is 0. The van der Waals surface area contributed by atoms with E-state index in [0.29, 0.717) is 18.1 Å². The molecule has 0 aromatic rings. The lowest BCUT2D eigenvalue weighted by molar-refractivity contribution is -0.122. The van der Waals surface area contributed by atoms with Gasteiger partial charge in [-0.1, -0.05) is 32.9 Å². The number of rotatable bonds is 6. The molecule has 0 bridgehead atoms. The molecular weight excluding hydrogens is 160 g/mol. The van der Waals surface area contributed by atoms with Crippen molar-refractivity contribution in [1.29, 1.82) is 0 Å². The quantitative estimate of drug-likeness (QED) is 0.574. The van der Waals surface area contributed by atoms with Gasteiger partial charge in [0.25, 0.3) is 0 Å². The summed E-state index contributed by atoms with van der Waals surface area (Å²) in [4.78, 5) is 11.5. The zero-order valence-electron chi connectivity index (χ0n) is 9.39. The fourth-order valence-electron chi connectivity index (χ4n) is 1.08. The number of hydrogen-bond donors (Lipinski definition) is 0. The normalized spacial score (nSPS) is 15.1. The largest absolute Gasteiger partial charge is 0.299 e. The van der Waals surface area contributed by atoms with Crippen molar-refractivity contribution >= 4 is 5.78 Å². The highest BCUT2D eigenvalue weighted by atomic mass is 16.1. The smallest absolute Gasteiger partial charge is 0.135 e. The van der Waals surface area contributed by atoms with Crippen LogP contribution in [0, 0.1) is 11.8 Å². The van der Waals surface area contributed by atoms with Gasteiger partial charge in [0.2, 0.25) is 0 Å². The highest BCUT2D eigenvalue weighted by Crippen LogP contribution is 2.16. The van der Waals surface area contributed by atoms with Gasteiger partial charge in [-0.3, -0.25) is 4.79 Å². The second-order valence-corrected chi connectivity index (χ2v) is 4.06. The van der Waals surface area contributed by atoms with Crippen LogP contribution < -0.4 is 0 Å². The van der Waals surface area contributed by atoms with E-state index >= 15 is 0 Å². The first-order valence-electron chi connectivity index (χ1n) is 5.17. The van der Waals surface area contributed by atoms with Crippen molar-refractivity contribution in [2.75, 3.05) is 0 Å². The van der Waals surface area contributed by atoms with Gasteiger partial charge >= 0.3 is 0 Å². The SMILES string of the molecule is C=C(C)C(C)CCC(=O)C(C)CC. The molecular formula is C12H22O. The Morgan fingerprint density at radius 3 is 2.23 bits per heavy atom. The fraction of sp³-hybridized carbons (Fsp3) is 0.750. The Hall–Kier alpha value is -0.590. The number of allylic oxidation sites excluding steroid dienone is 1. The van der Waals surface area contributed by atoms with Crippen molar-refractivity contribution in [2.24, 2.45) is 11.8 Å². The molecule has 0 amide bonds. The van der Waals surface area contributed by atoms with Crippen LogP contribution in [0.3, 0.4) is 0 Å². The van der Waals surface area contributed by atoms with E-state index in [0.717, 1.165) is 12.8 Å². The molecule has 0 aromatic carbocycles. The van der Waals surface area contributed by atoms with Crippen molar-refractivity contribution in [3.8, 4) is 0 Å². The average molecular weight is 182 g/mol. The third-order valence-electron chi connectivity index (χ3n) is 2.83. The monoisotopic (exact) mass is 182 g/mol. The Morgan fingerprint density at radius 1 is 1.31 bits per heavy atom. The van der Waals surface area contributed by atoms with Crippen LogP contribution in [0.2, 0.25) is 0 Å². The summed E-state index contributed by atoms with van der Waals surface area (Å²) in [5.74, 6) is 1.11. The fourth-order valence-corrected chi connectivity index (χ4v) is 1.08. The molecule has 0 aliphatic heterocycles. The van der Waals surface area contributed by atoms with Crippen LogP contribution in [-0.4, -0.2) is 5.78 Å². The molecule has 0 spiro atoms. The summed E-state index contributed by atoms with van der Waals surface area (Å²) in [6.45, 7) is 12.1. The summed E-state index contributed by atoms with van der Waals surface area (Å²) in [5, 5.41) is 0.